The molecule has 1 heterocycles. The molecule has 0 unspecified atom stereocenters. The average molecular weight is 272 g/mol. The normalized spacial score (nSPS) is 10.2. The van der Waals surface area contributed by atoms with Gasteiger partial charge in [0.05, 0.1) is 5.69 Å². The van der Waals surface area contributed by atoms with Crippen LogP contribution in [-0.4, -0.2) is 21.6 Å². The molecule has 2 rings (SSSR count). The van der Waals surface area contributed by atoms with Crippen LogP contribution in [0.5, 0.6) is 0 Å². The van der Waals surface area contributed by atoms with Crippen LogP contribution in [0.2, 0.25) is 0 Å². The summed E-state index contributed by atoms with van der Waals surface area (Å²) in [5.41, 5.74) is 2.63. The summed E-state index contributed by atoms with van der Waals surface area (Å²) >= 11 is 0. The Kier molecular flexibility index (Phi) is 3.84. The number of hydrogen-bond acceptors (Lipinski definition) is 3. The molecule has 0 saturated carbocycles. The summed E-state index contributed by atoms with van der Waals surface area (Å²) < 4.78 is 1.54. The van der Waals surface area contributed by atoms with Crippen molar-refractivity contribution >= 4 is 23.2 Å². The largest absolute Gasteiger partial charge is 0.326 e. The van der Waals surface area contributed by atoms with Crippen molar-refractivity contribution in [2.24, 2.45) is 7.05 Å². The number of hydrogen-bond donors (Lipinski definition) is 2. The van der Waals surface area contributed by atoms with Crippen molar-refractivity contribution in [2.75, 3.05) is 10.6 Å². The molecule has 0 aliphatic carbocycles. The number of nitrogens with zero attached hydrogens (tertiary/aromatic N) is 2. The van der Waals surface area contributed by atoms with Gasteiger partial charge in [-0.15, -0.1) is 0 Å². The molecular weight excluding hydrogens is 256 g/mol. The fraction of sp³-hybridized carbons (Fsp3) is 0.214. The van der Waals surface area contributed by atoms with Gasteiger partial charge in [0.15, 0.2) is 0 Å². The standard InChI is InChI=1S/C14H16N4O2/c1-9-8-13(18(3)17-9)14(20)16-12-6-4-11(5-7-12)15-10(2)19/h4-8H,1-3H3,(H,15,19)(H,16,20). The molecule has 6 heteroatoms. The lowest BCUT2D eigenvalue weighted by Gasteiger charge is -2.07. The smallest absolute Gasteiger partial charge is 0.273 e. The van der Waals surface area contributed by atoms with Gasteiger partial charge in [-0.2, -0.15) is 5.10 Å². The summed E-state index contributed by atoms with van der Waals surface area (Å²) in [6, 6.07) is 8.64. The molecule has 0 atom stereocenters. The van der Waals surface area contributed by atoms with E-state index in [9.17, 15) is 9.59 Å². The molecule has 0 saturated heterocycles. The van der Waals surface area contributed by atoms with Crippen molar-refractivity contribution in [2.45, 2.75) is 13.8 Å². The summed E-state index contributed by atoms with van der Waals surface area (Å²) in [4.78, 5) is 23.0. The van der Waals surface area contributed by atoms with Crippen molar-refractivity contribution in [1.82, 2.24) is 9.78 Å². The Balaban J connectivity index is 2.08. The average Bonchev–Trinajstić information content (AvgIpc) is 2.70. The van der Waals surface area contributed by atoms with Gasteiger partial charge < -0.3 is 10.6 Å². The summed E-state index contributed by atoms with van der Waals surface area (Å²) in [5.74, 6) is -0.354. The zero-order valence-electron chi connectivity index (χ0n) is 11.6. The summed E-state index contributed by atoms with van der Waals surface area (Å²) in [5, 5.41) is 9.57. The number of aryl methyl sites for hydroxylation is 2. The van der Waals surface area contributed by atoms with E-state index in [-0.39, 0.29) is 11.8 Å². The van der Waals surface area contributed by atoms with E-state index in [1.54, 1.807) is 37.4 Å². The molecule has 2 N–H and O–H groups in total. The third-order valence-corrected chi connectivity index (χ3v) is 2.70. The Morgan fingerprint density at radius 2 is 1.65 bits per heavy atom. The van der Waals surface area contributed by atoms with Crippen molar-refractivity contribution in [3.63, 3.8) is 0 Å². The Morgan fingerprint density at radius 1 is 1.10 bits per heavy atom. The molecule has 2 aromatic rings. The van der Waals surface area contributed by atoms with E-state index in [2.05, 4.69) is 15.7 Å². The first-order valence-electron chi connectivity index (χ1n) is 6.15. The zero-order valence-corrected chi connectivity index (χ0v) is 11.6. The highest BCUT2D eigenvalue weighted by atomic mass is 16.2. The molecule has 0 radical (unpaired) electrons. The van der Waals surface area contributed by atoms with Gasteiger partial charge in [-0.3, -0.25) is 14.3 Å². The lowest BCUT2D eigenvalue weighted by atomic mass is 10.2. The quantitative estimate of drug-likeness (QED) is 0.896. The number of aromatic nitrogens is 2. The molecule has 0 spiro atoms. The van der Waals surface area contributed by atoms with Crippen LogP contribution in [0.25, 0.3) is 0 Å². The maximum atomic E-state index is 12.1. The second-order valence-electron chi connectivity index (χ2n) is 4.51. The van der Waals surface area contributed by atoms with Crippen molar-refractivity contribution in [3.8, 4) is 0 Å². The third kappa shape index (κ3) is 3.23. The van der Waals surface area contributed by atoms with Crippen LogP contribution in [0, 0.1) is 6.92 Å². The maximum Gasteiger partial charge on any atom is 0.273 e. The first kappa shape index (κ1) is 13.8. The van der Waals surface area contributed by atoms with Gasteiger partial charge in [-0.25, -0.2) is 0 Å². The predicted molar refractivity (Wildman–Crippen MR) is 76.6 cm³/mol. The van der Waals surface area contributed by atoms with Crippen LogP contribution in [-0.2, 0) is 11.8 Å². The van der Waals surface area contributed by atoms with Gasteiger partial charge >= 0.3 is 0 Å². The van der Waals surface area contributed by atoms with Gasteiger partial charge in [-0.1, -0.05) is 0 Å². The summed E-state index contributed by atoms with van der Waals surface area (Å²) in [7, 11) is 1.72. The second-order valence-corrected chi connectivity index (χ2v) is 4.51. The van der Waals surface area contributed by atoms with Crippen LogP contribution in [0.3, 0.4) is 0 Å². The fourth-order valence-corrected chi connectivity index (χ4v) is 1.86. The zero-order chi connectivity index (χ0) is 14.7. The summed E-state index contributed by atoms with van der Waals surface area (Å²) in [6.45, 7) is 3.28. The SMILES string of the molecule is CC(=O)Nc1ccc(NC(=O)c2cc(C)nn2C)cc1. The van der Waals surface area contributed by atoms with Gasteiger partial charge in [0.1, 0.15) is 5.69 Å². The van der Waals surface area contributed by atoms with E-state index >= 15 is 0 Å². The molecule has 1 aromatic heterocycles. The molecule has 20 heavy (non-hydrogen) atoms. The van der Waals surface area contributed by atoms with E-state index in [1.165, 1.54) is 11.6 Å². The number of carbonyl (C=O) groups is 2. The predicted octanol–water partition coefficient (Wildman–Crippen LogP) is 1.94. The third-order valence-electron chi connectivity index (χ3n) is 2.70. The van der Waals surface area contributed by atoms with Gasteiger partial charge in [0, 0.05) is 25.3 Å². The van der Waals surface area contributed by atoms with E-state index in [4.69, 9.17) is 0 Å². The maximum absolute atomic E-state index is 12.1. The molecular formula is C14H16N4O2. The topological polar surface area (TPSA) is 76.0 Å². The monoisotopic (exact) mass is 272 g/mol. The molecule has 0 bridgehead atoms. The molecule has 1 aromatic carbocycles. The molecule has 2 amide bonds. The van der Waals surface area contributed by atoms with Crippen LogP contribution < -0.4 is 10.6 Å². The number of amides is 2. The number of rotatable bonds is 3. The Morgan fingerprint density at radius 3 is 2.10 bits per heavy atom. The number of benzene rings is 1. The Bertz CT molecular complexity index is 644. The first-order chi connectivity index (χ1) is 9.45. The fourth-order valence-electron chi connectivity index (χ4n) is 1.86. The van der Waals surface area contributed by atoms with Crippen LogP contribution in [0.15, 0.2) is 30.3 Å². The minimum Gasteiger partial charge on any atom is -0.326 e. The second kappa shape index (κ2) is 5.56. The lowest BCUT2D eigenvalue weighted by molar-refractivity contribution is -0.114. The molecule has 0 aliphatic rings. The molecule has 0 aliphatic heterocycles. The van der Waals surface area contributed by atoms with Crippen molar-refractivity contribution in [3.05, 3.63) is 41.7 Å². The van der Waals surface area contributed by atoms with Crippen LogP contribution >= 0.6 is 0 Å². The van der Waals surface area contributed by atoms with Gasteiger partial charge in [0.2, 0.25) is 5.91 Å². The number of anilines is 2. The first-order valence-corrected chi connectivity index (χ1v) is 6.15. The van der Waals surface area contributed by atoms with Crippen LogP contribution in [0.1, 0.15) is 23.1 Å². The molecule has 0 fully saturated rings. The lowest BCUT2D eigenvalue weighted by Crippen LogP contribution is -2.16. The van der Waals surface area contributed by atoms with E-state index in [0.29, 0.717) is 17.1 Å². The van der Waals surface area contributed by atoms with Gasteiger partial charge in [0.25, 0.3) is 5.91 Å². The van der Waals surface area contributed by atoms with E-state index in [0.717, 1.165) is 5.69 Å². The Labute approximate surface area is 116 Å². The molecule has 104 valence electrons. The van der Waals surface area contributed by atoms with Crippen LogP contribution in [0.4, 0.5) is 11.4 Å². The Hall–Kier alpha value is -2.63. The van der Waals surface area contributed by atoms with E-state index < -0.39 is 0 Å². The minimum atomic E-state index is -0.222. The van der Waals surface area contributed by atoms with Crippen molar-refractivity contribution < 1.29 is 9.59 Å². The summed E-state index contributed by atoms with van der Waals surface area (Å²) in [6.07, 6.45) is 0. The van der Waals surface area contributed by atoms with Crippen molar-refractivity contribution in [1.29, 1.82) is 0 Å². The highest BCUT2D eigenvalue weighted by molar-refractivity contribution is 6.03. The highest BCUT2D eigenvalue weighted by Gasteiger charge is 2.11. The minimum absolute atomic E-state index is 0.132. The molecule has 6 nitrogen and oxygen atoms in total. The van der Waals surface area contributed by atoms with E-state index in [1.807, 2.05) is 6.92 Å². The highest BCUT2D eigenvalue weighted by Crippen LogP contribution is 2.14. The van der Waals surface area contributed by atoms with Gasteiger partial charge in [-0.05, 0) is 37.3 Å². The number of carbonyl (C=O) groups excluding carboxylic acids is 2. The number of nitrogens with one attached hydrogen (secondary N) is 2.